The first-order chi connectivity index (χ1) is 7.12. The average molecular weight is 226 g/mol. The molecule has 1 heterocycles. The summed E-state index contributed by atoms with van der Waals surface area (Å²) >= 11 is 6.16. The van der Waals surface area contributed by atoms with E-state index in [1.807, 2.05) is 25.1 Å². The third kappa shape index (κ3) is 2.17. The van der Waals surface area contributed by atoms with Crippen LogP contribution in [0.1, 0.15) is 24.0 Å². The predicted octanol–water partition coefficient (Wildman–Crippen LogP) is 2.22. The van der Waals surface area contributed by atoms with E-state index >= 15 is 0 Å². The zero-order valence-electron chi connectivity index (χ0n) is 8.89. The first-order valence-electron chi connectivity index (χ1n) is 5.31. The van der Waals surface area contributed by atoms with Crippen LogP contribution < -0.4 is 5.32 Å². The van der Waals surface area contributed by atoms with Crippen molar-refractivity contribution in [2.45, 2.75) is 25.4 Å². The molecule has 0 amide bonds. The molecule has 1 atom stereocenters. The highest BCUT2D eigenvalue weighted by atomic mass is 35.5. The highest BCUT2D eigenvalue weighted by Crippen LogP contribution is 2.33. The predicted molar refractivity (Wildman–Crippen MR) is 62.2 cm³/mol. The third-order valence-corrected chi connectivity index (χ3v) is 3.30. The minimum absolute atomic E-state index is 0.593. The summed E-state index contributed by atoms with van der Waals surface area (Å²) in [5, 5.41) is 14.3. The molecule has 1 unspecified atom stereocenters. The van der Waals surface area contributed by atoms with E-state index in [4.69, 9.17) is 11.6 Å². The van der Waals surface area contributed by atoms with Crippen molar-refractivity contribution in [1.29, 1.82) is 0 Å². The van der Waals surface area contributed by atoms with E-state index in [9.17, 15) is 5.11 Å². The Balaban J connectivity index is 2.35. The van der Waals surface area contributed by atoms with Gasteiger partial charge in [-0.25, -0.2) is 0 Å². The van der Waals surface area contributed by atoms with E-state index in [0.29, 0.717) is 11.6 Å². The Morgan fingerprint density at radius 3 is 2.87 bits per heavy atom. The van der Waals surface area contributed by atoms with Crippen molar-refractivity contribution in [3.63, 3.8) is 0 Å². The second kappa shape index (κ2) is 4.12. The van der Waals surface area contributed by atoms with E-state index in [1.54, 1.807) is 0 Å². The number of aryl methyl sites for hydroxylation is 1. The normalized spacial score (nSPS) is 26.6. The van der Waals surface area contributed by atoms with Crippen molar-refractivity contribution in [2.24, 2.45) is 0 Å². The summed E-state index contributed by atoms with van der Waals surface area (Å²) in [5.41, 5.74) is 1.18. The topological polar surface area (TPSA) is 32.3 Å². The summed E-state index contributed by atoms with van der Waals surface area (Å²) in [4.78, 5) is 0. The minimum atomic E-state index is -0.789. The summed E-state index contributed by atoms with van der Waals surface area (Å²) in [6.07, 6.45) is 1.77. The van der Waals surface area contributed by atoms with Crippen LogP contribution >= 0.6 is 11.6 Å². The number of halogens is 1. The van der Waals surface area contributed by atoms with E-state index in [0.717, 1.165) is 30.5 Å². The maximum absolute atomic E-state index is 10.5. The number of aliphatic hydroxyl groups is 1. The maximum atomic E-state index is 10.5. The Labute approximate surface area is 95.3 Å². The van der Waals surface area contributed by atoms with E-state index in [1.165, 1.54) is 0 Å². The first-order valence-corrected chi connectivity index (χ1v) is 5.69. The van der Waals surface area contributed by atoms with Gasteiger partial charge in [0.05, 0.1) is 0 Å². The number of hydrogen-bond donors (Lipinski definition) is 2. The lowest BCUT2D eigenvalue weighted by Crippen LogP contribution is -2.43. The van der Waals surface area contributed by atoms with Gasteiger partial charge in [0.1, 0.15) is 5.60 Å². The van der Waals surface area contributed by atoms with Gasteiger partial charge in [0.25, 0.3) is 0 Å². The minimum Gasteiger partial charge on any atom is -0.384 e. The van der Waals surface area contributed by atoms with Crippen molar-refractivity contribution in [3.05, 3.63) is 34.3 Å². The van der Waals surface area contributed by atoms with Crippen LogP contribution in [0.25, 0.3) is 0 Å². The SMILES string of the molecule is Cc1ccc(C2(O)CCCNC2)c(Cl)c1. The van der Waals surface area contributed by atoms with Gasteiger partial charge >= 0.3 is 0 Å². The first kappa shape index (κ1) is 10.9. The molecule has 0 spiro atoms. The molecule has 2 N–H and O–H groups in total. The van der Waals surface area contributed by atoms with Crippen LogP contribution in [0.15, 0.2) is 18.2 Å². The summed E-state index contributed by atoms with van der Waals surface area (Å²) in [6.45, 7) is 3.57. The molecule has 15 heavy (non-hydrogen) atoms. The van der Waals surface area contributed by atoms with E-state index in [-0.39, 0.29) is 0 Å². The molecule has 1 fully saturated rings. The van der Waals surface area contributed by atoms with Crippen LogP contribution in [0.2, 0.25) is 5.02 Å². The summed E-state index contributed by atoms with van der Waals surface area (Å²) in [7, 11) is 0. The Morgan fingerprint density at radius 2 is 2.27 bits per heavy atom. The molecule has 2 rings (SSSR count). The van der Waals surface area contributed by atoms with Crippen LogP contribution in [0, 0.1) is 6.92 Å². The molecule has 2 nitrogen and oxygen atoms in total. The molecule has 1 aromatic carbocycles. The molecule has 0 saturated carbocycles. The van der Waals surface area contributed by atoms with Crippen LogP contribution in [-0.2, 0) is 5.60 Å². The highest BCUT2D eigenvalue weighted by molar-refractivity contribution is 6.31. The van der Waals surface area contributed by atoms with Gasteiger partial charge in [-0.15, -0.1) is 0 Å². The fraction of sp³-hybridized carbons (Fsp3) is 0.500. The lowest BCUT2D eigenvalue weighted by Gasteiger charge is -2.33. The second-order valence-corrected chi connectivity index (χ2v) is 4.70. The maximum Gasteiger partial charge on any atom is 0.103 e. The monoisotopic (exact) mass is 225 g/mol. The van der Waals surface area contributed by atoms with Gasteiger partial charge in [-0.05, 0) is 37.9 Å². The average Bonchev–Trinajstić information content (AvgIpc) is 2.18. The largest absolute Gasteiger partial charge is 0.384 e. The number of rotatable bonds is 1. The zero-order chi connectivity index (χ0) is 10.9. The van der Waals surface area contributed by atoms with Crippen LogP contribution in [0.5, 0.6) is 0 Å². The van der Waals surface area contributed by atoms with Crippen molar-refractivity contribution in [2.75, 3.05) is 13.1 Å². The Morgan fingerprint density at radius 1 is 1.47 bits per heavy atom. The number of piperidine rings is 1. The summed E-state index contributed by atoms with van der Waals surface area (Å²) < 4.78 is 0. The standard InChI is InChI=1S/C12H16ClNO/c1-9-3-4-10(11(13)7-9)12(15)5-2-6-14-8-12/h3-4,7,14-15H,2,5-6,8H2,1H3. The van der Waals surface area contributed by atoms with E-state index in [2.05, 4.69) is 5.32 Å². The lowest BCUT2D eigenvalue weighted by molar-refractivity contribution is 0.0124. The Kier molecular flexibility index (Phi) is 3.01. The lowest BCUT2D eigenvalue weighted by atomic mass is 9.86. The number of β-amino-alcohol motifs (C(OH)–C–C–N with tert-alkyl or cyclic N) is 1. The molecule has 0 radical (unpaired) electrons. The smallest absolute Gasteiger partial charge is 0.103 e. The number of hydrogen-bond acceptors (Lipinski definition) is 2. The number of nitrogens with one attached hydrogen (secondary N) is 1. The molecule has 1 aliphatic heterocycles. The molecule has 0 bridgehead atoms. The molecule has 3 heteroatoms. The summed E-state index contributed by atoms with van der Waals surface area (Å²) in [6, 6.07) is 5.84. The fourth-order valence-corrected chi connectivity index (χ4v) is 2.53. The van der Waals surface area contributed by atoms with Gasteiger partial charge in [-0.3, -0.25) is 0 Å². The highest BCUT2D eigenvalue weighted by Gasteiger charge is 2.32. The zero-order valence-corrected chi connectivity index (χ0v) is 9.64. The molecule has 0 aromatic heterocycles. The molecule has 1 aromatic rings. The van der Waals surface area contributed by atoms with Gasteiger partial charge in [-0.1, -0.05) is 23.7 Å². The van der Waals surface area contributed by atoms with Crippen LogP contribution in [-0.4, -0.2) is 18.2 Å². The van der Waals surface area contributed by atoms with Gasteiger partial charge in [-0.2, -0.15) is 0 Å². The molecule has 1 aliphatic rings. The Bertz CT molecular complexity index is 359. The van der Waals surface area contributed by atoms with Crippen molar-refractivity contribution < 1.29 is 5.11 Å². The molecule has 1 saturated heterocycles. The van der Waals surface area contributed by atoms with E-state index < -0.39 is 5.60 Å². The van der Waals surface area contributed by atoms with Gasteiger partial charge < -0.3 is 10.4 Å². The number of benzene rings is 1. The Hall–Kier alpha value is -0.570. The van der Waals surface area contributed by atoms with Crippen molar-refractivity contribution in [3.8, 4) is 0 Å². The summed E-state index contributed by atoms with van der Waals surface area (Å²) in [5.74, 6) is 0. The fourth-order valence-electron chi connectivity index (χ4n) is 2.12. The second-order valence-electron chi connectivity index (χ2n) is 4.30. The molecular formula is C12H16ClNO. The van der Waals surface area contributed by atoms with Gasteiger partial charge in [0.15, 0.2) is 0 Å². The van der Waals surface area contributed by atoms with Crippen molar-refractivity contribution in [1.82, 2.24) is 5.32 Å². The third-order valence-electron chi connectivity index (χ3n) is 2.99. The quantitative estimate of drug-likeness (QED) is 0.768. The van der Waals surface area contributed by atoms with Crippen molar-refractivity contribution >= 4 is 11.6 Å². The van der Waals surface area contributed by atoms with Crippen LogP contribution in [0.4, 0.5) is 0 Å². The molecule has 82 valence electrons. The van der Waals surface area contributed by atoms with Crippen LogP contribution in [0.3, 0.4) is 0 Å². The van der Waals surface area contributed by atoms with Gasteiger partial charge in [0.2, 0.25) is 0 Å². The molecule has 0 aliphatic carbocycles. The van der Waals surface area contributed by atoms with Gasteiger partial charge in [0, 0.05) is 17.1 Å². The molecular weight excluding hydrogens is 210 g/mol.